The Morgan fingerprint density at radius 1 is 1.04 bits per heavy atom. The van der Waals surface area contributed by atoms with E-state index in [1.165, 1.54) is 12.8 Å². The molecule has 1 aromatic heterocycles. The molecule has 0 aliphatic rings. The molecule has 1 heterocycles. The Kier molecular flexibility index (Phi) is 23.2. The van der Waals surface area contributed by atoms with Gasteiger partial charge in [-0.25, -0.2) is 4.98 Å². The molecule has 0 saturated heterocycles. The smallest absolute Gasteiger partial charge is 0.250 e. The lowest BCUT2D eigenvalue weighted by molar-refractivity contribution is 0.100. The number of hydrogen-bond donors (Lipinski definition) is 3. The van der Waals surface area contributed by atoms with Gasteiger partial charge in [0.1, 0.15) is 5.52 Å². The number of nitrogens with two attached hydrogens (primary N) is 1. The van der Waals surface area contributed by atoms with Crippen LogP contribution in [0.3, 0.4) is 0 Å². The Bertz CT molecular complexity index is 548. The molecule has 0 aliphatic heterocycles. The van der Waals surface area contributed by atoms with E-state index in [4.69, 9.17) is 5.73 Å². The number of hydrogen-bond acceptors (Lipinski definition) is 3. The monoisotopic (exact) mass is 366 g/mol. The molecule has 0 atom stereocenters. The van der Waals surface area contributed by atoms with Crippen molar-refractivity contribution < 1.29 is 4.79 Å². The molecule has 26 heavy (non-hydrogen) atoms. The Hall–Kier alpha value is -2.04. The van der Waals surface area contributed by atoms with E-state index >= 15 is 0 Å². The maximum atomic E-state index is 11.2. The van der Waals surface area contributed by atoms with Gasteiger partial charge in [0.25, 0.3) is 5.91 Å². The molecule has 0 radical (unpaired) electrons. The highest BCUT2D eigenvalue weighted by Crippen LogP contribution is 2.18. The van der Waals surface area contributed by atoms with Gasteiger partial charge in [0.2, 0.25) is 5.95 Å². The molecule has 152 valence electrons. The molecule has 4 N–H and O–H groups in total. The van der Waals surface area contributed by atoms with Crippen LogP contribution in [0.25, 0.3) is 11.0 Å². The first-order valence-electron chi connectivity index (χ1n) is 10.1. The van der Waals surface area contributed by atoms with Crippen LogP contribution in [0.5, 0.6) is 0 Å². The number of carbonyl (C=O) groups excluding carboxylic acids is 1. The predicted molar refractivity (Wildman–Crippen MR) is 118 cm³/mol. The largest absolute Gasteiger partial charge is 0.366 e. The van der Waals surface area contributed by atoms with Gasteiger partial charge >= 0.3 is 0 Å². The average Bonchev–Trinajstić information content (AvgIpc) is 3.07. The average molecular weight is 367 g/mol. The number of aromatic nitrogens is 2. The second kappa shape index (κ2) is 21.0. The van der Waals surface area contributed by atoms with Crippen molar-refractivity contribution in [1.29, 1.82) is 0 Å². The number of anilines is 1. The first kappa shape index (κ1) is 28.8. The normalized spacial score (nSPS) is 8.35. The van der Waals surface area contributed by atoms with Gasteiger partial charge in [-0.1, -0.05) is 81.2 Å². The summed E-state index contributed by atoms with van der Waals surface area (Å²) in [7, 11) is 0. The number of carbonyl (C=O) groups is 1. The summed E-state index contributed by atoms with van der Waals surface area (Å²) >= 11 is 0. The first-order chi connectivity index (χ1) is 12.5. The third-order valence-electron chi connectivity index (χ3n) is 2.32. The van der Waals surface area contributed by atoms with Crippen LogP contribution in [0.15, 0.2) is 18.2 Å². The molecular formula is C21H42N4O. The minimum atomic E-state index is -0.459. The zero-order valence-electron chi connectivity index (χ0n) is 18.5. The van der Waals surface area contributed by atoms with Gasteiger partial charge in [-0.3, -0.25) is 4.79 Å². The second-order valence-corrected chi connectivity index (χ2v) is 4.99. The number of imidazole rings is 1. The zero-order chi connectivity index (χ0) is 21.0. The van der Waals surface area contributed by atoms with Crippen LogP contribution in [0.1, 0.15) is 91.9 Å². The Labute approximate surface area is 161 Å². The summed E-state index contributed by atoms with van der Waals surface area (Å²) in [5, 5.41) is 3.13. The van der Waals surface area contributed by atoms with Gasteiger partial charge in [0.05, 0.1) is 11.1 Å². The number of fused-ring (bicyclic) bond motifs is 1. The highest BCUT2D eigenvalue weighted by Gasteiger charge is 2.10. The summed E-state index contributed by atoms with van der Waals surface area (Å²) in [5.74, 6) is 0.213. The maximum Gasteiger partial charge on any atom is 0.250 e. The number of nitrogens with one attached hydrogen (secondary N) is 2. The fraction of sp³-hybridized carbons (Fsp3) is 0.619. The molecule has 5 heteroatoms. The van der Waals surface area contributed by atoms with Gasteiger partial charge in [0, 0.05) is 6.54 Å². The zero-order valence-corrected chi connectivity index (χ0v) is 18.5. The van der Waals surface area contributed by atoms with Crippen molar-refractivity contribution in [3.8, 4) is 0 Å². The van der Waals surface area contributed by atoms with E-state index in [0.29, 0.717) is 17.0 Å². The minimum Gasteiger partial charge on any atom is -0.366 e. The quantitative estimate of drug-likeness (QED) is 0.588. The molecule has 2 rings (SSSR count). The number of para-hydroxylation sites is 1. The topological polar surface area (TPSA) is 83.8 Å². The standard InChI is InChI=1S/C11H14N4O.2C3H8.2C2H6/c1-2-6-13-11-14-8-5-3-4-7(10(12)16)9(8)15-11;2*1-3-2;2*1-2/h3-5H,2,6H2,1H3,(H2,12,16)(H2,13,14,15);2*3H2,1-2H3;2*1-2H3. The maximum absolute atomic E-state index is 11.2. The third-order valence-corrected chi connectivity index (χ3v) is 2.32. The third kappa shape index (κ3) is 12.3. The van der Waals surface area contributed by atoms with Crippen LogP contribution in [-0.4, -0.2) is 22.4 Å². The van der Waals surface area contributed by atoms with Crippen LogP contribution in [0.4, 0.5) is 5.95 Å². The lowest BCUT2D eigenvalue weighted by atomic mass is 10.2. The molecule has 5 nitrogen and oxygen atoms in total. The lowest BCUT2D eigenvalue weighted by Crippen LogP contribution is -2.11. The van der Waals surface area contributed by atoms with E-state index < -0.39 is 5.91 Å². The summed E-state index contributed by atoms with van der Waals surface area (Å²) in [6.07, 6.45) is 3.51. The van der Waals surface area contributed by atoms with E-state index in [9.17, 15) is 4.79 Å². The number of nitrogens with zero attached hydrogens (tertiary/aromatic N) is 1. The predicted octanol–water partition coefficient (Wildman–Crippen LogP) is 6.37. The van der Waals surface area contributed by atoms with Gasteiger partial charge in [-0.05, 0) is 18.6 Å². The minimum absolute atomic E-state index is 0.443. The van der Waals surface area contributed by atoms with Crippen molar-refractivity contribution in [2.45, 2.75) is 81.6 Å². The van der Waals surface area contributed by atoms with Crippen LogP contribution in [-0.2, 0) is 0 Å². The summed E-state index contributed by atoms with van der Waals surface area (Å²) in [6.45, 7) is 19.4. The fourth-order valence-electron chi connectivity index (χ4n) is 1.56. The van der Waals surface area contributed by atoms with E-state index in [0.717, 1.165) is 18.5 Å². The molecular weight excluding hydrogens is 324 g/mol. The number of rotatable bonds is 4. The van der Waals surface area contributed by atoms with E-state index in [1.807, 2.05) is 33.8 Å². The lowest BCUT2D eigenvalue weighted by Gasteiger charge is -1.97. The summed E-state index contributed by atoms with van der Waals surface area (Å²) in [6, 6.07) is 5.32. The van der Waals surface area contributed by atoms with Crippen molar-refractivity contribution in [2.75, 3.05) is 11.9 Å². The highest BCUT2D eigenvalue weighted by molar-refractivity contribution is 6.04. The van der Waals surface area contributed by atoms with Gasteiger partial charge in [0.15, 0.2) is 0 Å². The van der Waals surface area contributed by atoms with Crippen LogP contribution in [0.2, 0.25) is 0 Å². The molecule has 1 amide bonds. The molecule has 0 bridgehead atoms. The number of aromatic amines is 1. The van der Waals surface area contributed by atoms with Crippen LogP contribution in [0, 0.1) is 0 Å². The SMILES string of the molecule is CC.CC.CCC.CCC.CCCNc1nc2c(C(N)=O)cccc2[nH]1. The Morgan fingerprint density at radius 3 is 1.96 bits per heavy atom. The van der Waals surface area contributed by atoms with Crippen molar-refractivity contribution in [1.82, 2.24) is 9.97 Å². The molecule has 0 aliphatic carbocycles. The van der Waals surface area contributed by atoms with Gasteiger partial charge in [-0.15, -0.1) is 0 Å². The number of benzene rings is 1. The van der Waals surface area contributed by atoms with E-state index in [-0.39, 0.29) is 0 Å². The van der Waals surface area contributed by atoms with E-state index in [1.54, 1.807) is 12.1 Å². The van der Waals surface area contributed by atoms with Crippen LogP contribution >= 0.6 is 0 Å². The van der Waals surface area contributed by atoms with E-state index in [2.05, 4.69) is 49.9 Å². The van der Waals surface area contributed by atoms with Crippen molar-refractivity contribution in [3.05, 3.63) is 23.8 Å². The fourth-order valence-corrected chi connectivity index (χ4v) is 1.56. The summed E-state index contributed by atoms with van der Waals surface area (Å²) < 4.78 is 0. The molecule has 0 saturated carbocycles. The van der Waals surface area contributed by atoms with Crippen molar-refractivity contribution in [3.63, 3.8) is 0 Å². The molecule has 0 unspecified atom stereocenters. The Balaban J connectivity index is -0.000000450. The first-order valence-corrected chi connectivity index (χ1v) is 10.1. The van der Waals surface area contributed by atoms with Gasteiger partial charge < -0.3 is 16.0 Å². The molecule has 1 aromatic carbocycles. The van der Waals surface area contributed by atoms with Gasteiger partial charge in [-0.2, -0.15) is 0 Å². The molecule has 0 spiro atoms. The summed E-state index contributed by atoms with van der Waals surface area (Å²) in [4.78, 5) is 18.6. The number of primary amides is 1. The van der Waals surface area contributed by atoms with Crippen LogP contribution < -0.4 is 11.1 Å². The number of amides is 1. The Morgan fingerprint density at radius 2 is 1.54 bits per heavy atom. The van der Waals surface area contributed by atoms with Crippen molar-refractivity contribution >= 4 is 22.9 Å². The summed E-state index contributed by atoms with van der Waals surface area (Å²) in [5.41, 5.74) is 7.15. The second-order valence-electron chi connectivity index (χ2n) is 4.99. The number of H-pyrrole nitrogens is 1. The molecule has 0 fully saturated rings. The highest BCUT2D eigenvalue weighted by atomic mass is 16.1. The molecule has 2 aromatic rings. The van der Waals surface area contributed by atoms with Crippen molar-refractivity contribution in [2.24, 2.45) is 5.73 Å².